The maximum absolute atomic E-state index is 11.8. The van der Waals surface area contributed by atoms with Crippen molar-refractivity contribution in [3.8, 4) is 0 Å². The minimum atomic E-state index is -4.25. The van der Waals surface area contributed by atoms with Crippen LogP contribution in [0.2, 0.25) is 0 Å². The minimum absolute atomic E-state index is 0.185. The molecular weight excluding hydrogens is 344 g/mol. The van der Waals surface area contributed by atoms with Crippen molar-refractivity contribution in [2.75, 3.05) is 17.3 Å². The third-order valence-electron chi connectivity index (χ3n) is 3.58. The average Bonchev–Trinajstić information content (AvgIpc) is 3.09. The lowest BCUT2D eigenvalue weighted by atomic mass is 10.2. The Hall–Kier alpha value is -1.63. The summed E-state index contributed by atoms with van der Waals surface area (Å²) in [7, 11) is -3.86. The van der Waals surface area contributed by atoms with Gasteiger partial charge >= 0.3 is 0 Å². The molecule has 0 N–H and O–H groups in total. The Morgan fingerprint density at radius 2 is 1.42 bits per heavy atom. The van der Waals surface area contributed by atoms with E-state index in [0.717, 1.165) is 11.3 Å². The van der Waals surface area contributed by atoms with Crippen molar-refractivity contribution in [3.63, 3.8) is 0 Å². The van der Waals surface area contributed by atoms with Gasteiger partial charge in [0.15, 0.2) is 5.75 Å². The molecule has 2 aromatic rings. The number of carbonyl (C=O) groups is 1. The van der Waals surface area contributed by atoms with Crippen LogP contribution in [0.25, 0.3) is 0 Å². The van der Waals surface area contributed by atoms with Gasteiger partial charge in [0.25, 0.3) is 0 Å². The highest BCUT2D eigenvalue weighted by Crippen LogP contribution is 2.15. The van der Waals surface area contributed by atoms with Crippen LogP contribution < -0.4 is 0 Å². The highest BCUT2D eigenvalue weighted by Gasteiger charge is 2.27. The van der Waals surface area contributed by atoms with E-state index in [0.29, 0.717) is 16.7 Å². The molecular formula is C18H20O4S2. The fourth-order valence-corrected chi connectivity index (χ4v) is 5.08. The monoisotopic (exact) mass is 364 g/mol. The lowest BCUT2D eigenvalue weighted by Gasteiger charge is -2.04. The summed E-state index contributed by atoms with van der Waals surface area (Å²) in [6, 6.07) is 16.9. The van der Waals surface area contributed by atoms with Gasteiger partial charge in [-0.15, -0.1) is 0 Å². The Bertz CT molecular complexity index is 737. The molecule has 0 aliphatic carbocycles. The van der Waals surface area contributed by atoms with E-state index in [2.05, 4.69) is 0 Å². The Kier molecular flexibility index (Phi) is 7.02. The maximum atomic E-state index is 11.8. The lowest BCUT2D eigenvalue weighted by Crippen LogP contribution is -2.17. The number of ketones is 1. The molecule has 3 rings (SSSR count). The van der Waals surface area contributed by atoms with Crippen molar-refractivity contribution in [1.29, 1.82) is 0 Å². The van der Waals surface area contributed by atoms with Crippen LogP contribution in [0.5, 0.6) is 0 Å². The highest BCUT2D eigenvalue weighted by molar-refractivity contribution is 7.97. The molecule has 1 heterocycles. The molecule has 128 valence electrons. The van der Waals surface area contributed by atoms with Crippen LogP contribution in [0.4, 0.5) is 0 Å². The predicted molar refractivity (Wildman–Crippen MR) is 96.4 cm³/mol. The Morgan fingerprint density at radius 1 is 0.917 bits per heavy atom. The zero-order valence-corrected chi connectivity index (χ0v) is 14.9. The van der Waals surface area contributed by atoms with Crippen LogP contribution in [-0.4, -0.2) is 36.0 Å². The van der Waals surface area contributed by atoms with Gasteiger partial charge in [0, 0.05) is 5.56 Å². The number of benzene rings is 2. The molecule has 4 nitrogen and oxygen atoms in total. The van der Waals surface area contributed by atoms with Crippen LogP contribution >= 0.6 is 0 Å². The summed E-state index contributed by atoms with van der Waals surface area (Å²) >= 11 is 0. The smallest absolute Gasteiger partial charge is 0.211 e. The van der Waals surface area contributed by atoms with Crippen LogP contribution in [-0.2, 0) is 21.0 Å². The first-order valence-corrected chi connectivity index (χ1v) is 10.8. The van der Waals surface area contributed by atoms with Crippen molar-refractivity contribution in [1.82, 2.24) is 0 Å². The topological polar surface area (TPSA) is 74.3 Å². The first kappa shape index (κ1) is 18.7. The summed E-state index contributed by atoms with van der Waals surface area (Å²) in [5.41, 5.74) is 0.881. The molecule has 0 unspecified atom stereocenters. The van der Waals surface area contributed by atoms with E-state index in [9.17, 15) is 17.8 Å². The van der Waals surface area contributed by atoms with E-state index in [1.807, 2.05) is 30.3 Å². The van der Waals surface area contributed by atoms with Crippen LogP contribution in [0.1, 0.15) is 23.2 Å². The minimum Gasteiger partial charge on any atom is -0.744 e. The van der Waals surface area contributed by atoms with E-state index in [-0.39, 0.29) is 4.90 Å². The second-order valence-electron chi connectivity index (χ2n) is 5.43. The van der Waals surface area contributed by atoms with Gasteiger partial charge < -0.3 is 4.55 Å². The number of hydrogen-bond donors (Lipinski definition) is 0. The Morgan fingerprint density at radius 3 is 1.88 bits per heavy atom. The normalized spacial score (nSPS) is 14.7. The maximum Gasteiger partial charge on any atom is 0.211 e. The van der Waals surface area contributed by atoms with Crippen molar-refractivity contribution in [2.45, 2.75) is 17.7 Å². The van der Waals surface area contributed by atoms with Crippen molar-refractivity contribution in [2.24, 2.45) is 0 Å². The quantitative estimate of drug-likeness (QED) is 0.475. The molecule has 1 aliphatic rings. The molecule has 0 atom stereocenters. The summed E-state index contributed by atoms with van der Waals surface area (Å²) in [6.07, 6.45) is 2.65. The molecule has 1 saturated heterocycles. The molecule has 1 fully saturated rings. The van der Waals surface area contributed by atoms with Crippen LogP contribution in [0, 0.1) is 0 Å². The van der Waals surface area contributed by atoms with Gasteiger partial charge in [0.05, 0.1) is 4.90 Å². The van der Waals surface area contributed by atoms with Crippen LogP contribution in [0.15, 0.2) is 65.6 Å². The molecule has 1 aliphatic heterocycles. The molecule has 0 saturated carbocycles. The Labute approximate surface area is 146 Å². The lowest BCUT2D eigenvalue weighted by molar-refractivity contribution is 0.102. The van der Waals surface area contributed by atoms with E-state index < -0.39 is 10.1 Å². The molecule has 0 radical (unpaired) electrons. The first-order valence-electron chi connectivity index (χ1n) is 7.70. The molecule has 24 heavy (non-hydrogen) atoms. The van der Waals surface area contributed by atoms with E-state index in [4.69, 9.17) is 0 Å². The third kappa shape index (κ3) is 6.11. The van der Waals surface area contributed by atoms with E-state index >= 15 is 0 Å². The van der Waals surface area contributed by atoms with Gasteiger partial charge in [-0.05, 0) is 35.9 Å². The molecule has 0 spiro atoms. The number of hydrogen-bond acceptors (Lipinski definition) is 4. The van der Waals surface area contributed by atoms with Crippen molar-refractivity contribution in [3.05, 3.63) is 66.2 Å². The summed E-state index contributed by atoms with van der Waals surface area (Å²) < 4.78 is 30.8. The second kappa shape index (κ2) is 9.01. The van der Waals surface area contributed by atoms with E-state index in [1.54, 1.807) is 6.07 Å². The SMILES string of the molecule is O=C(C[S+]1CCCC1)c1ccccc1.O=S(=O)([O-])c1ccccc1. The number of Topliss-reactive ketones (excluding diaryl/α,β-unsaturated/α-hetero) is 1. The fourth-order valence-electron chi connectivity index (χ4n) is 2.34. The molecule has 0 bridgehead atoms. The van der Waals surface area contributed by atoms with Gasteiger partial charge in [-0.3, -0.25) is 4.79 Å². The predicted octanol–water partition coefficient (Wildman–Crippen LogP) is 2.87. The zero-order valence-electron chi connectivity index (χ0n) is 13.3. The van der Waals surface area contributed by atoms with Crippen molar-refractivity contribution >= 4 is 26.8 Å². The first-order chi connectivity index (χ1) is 11.5. The molecule has 0 aromatic heterocycles. The molecule has 6 heteroatoms. The summed E-state index contributed by atoms with van der Waals surface area (Å²) in [6.45, 7) is 0. The zero-order chi connectivity index (χ0) is 17.4. The van der Waals surface area contributed by atoms with Gasteiger partial charge in [-0.1, -0.05) is 48.5 Å². The highest BCUT2D eigenvalue weighted by atomic mass is 32.2. The summed E-state index contributed by atoms with van der Waals surface area (Å²) in [5.74, 6) is 3.66. The average molecular weight is 364 g/mol. The standard InChI is InChI=1S/C12H15OS.C6H6O3S/c13-12(10-14-8-4-5-9-14)11-6-2-1-3-7-11;7-10(8,9)6-4-2-1-3-5-6/h1-3,6-7H,4-5,8-10H2;1-5H,(H,7,8,9)/q+1;/p-1. The fraction of sp³-hybridized carbons (Fsp3) is 0.278. The van der Waals surface area contributed by atoms with Gasteiger partial charge in [-0.2, -0.15) is 0 Å². The van der Waals surface area contributed by atoms with Gasteiger partial charge in [0.1, 0.15) is 21.6 Å². The van der Waals surface area contributed by atoms with Gasteiger partial charge in [0.2, 0.25) is 5.78 Å². The number of carbonyl (C=O) groups excluding carboxylic acids is 1. The Balaban J connectivity index is 0.000000185. The third-order valence-corrected chi connectivity index (χ3v) is 6.83. The van der Waals surface area contributed by atoms with Gasteiger partial charge in [-0.25, -0.2) is 8.42 Å². The molecule has 0 amide bonds. The molecule has 2 aromatic carbocycles. The summed E-state index contributed by atoms with van der Waals surface area (Å²) in [5, 5.41) is 0. The second-order valence-corrected chi connectivity index (χ2v) is 9.14. The van der Waals surface area contributed by atoms with Crippen molar-refractivity contribution < 1.29 is 17.8 Å². The largest absolute Gasteiger partial charge is 0.744 e. The van der Waals surface area contributed by atoms with Crippen LogP contribution in [0.3, 0.4) is 0 Å². The van der Waals surface area contributed by atoms with E-state index in [1.165, 1.54) is 48.6 Å². The summed E-state index contributed by atoms with van der Waals surface area (Å²) in [4.78, 5) is 11.6. The number of rotatable bonds is 4.